The lowest BCUT2D eigenvalue weighted by Crippen LogP contribution is -2.18. The molecule has 3 heteroatoms. The van der Waals surface area contributed by atoms with E-state index in [4.69, 9.17) is 5.73 Å². The van der Waals surface area contributed by atoms with Crippen molar-refractivity contribution in [2.75, 3.05) is 11.5 Å². The summed E-state index contributed by atoms with van der Waals surface area (Å²) in [5.41, 5.74) is 5.43. The van der Waals surface area contributed by atoms with Gasteiger partial charge in [0.2, 0.25) is 0 Å². The van der Waals surface area contributed by atoms with Crippen LogP contribution in [0.1, 0.15) is 6.42 Å². The Morgan fingerprint density at radius 1 is 1.71 bits per heavy atom. The van der Waals surface area contributed by atoms with Gasteiger partial charge in [-0.1, -0.05) is 0 Å². The predicted octanol–water partition coefficient (Wildman–Crippen LogP) is -0.534. The van der Waals surface area contributed by atoms with Gasteiger partial charge in [0.25, 0.3) is 0 Å². The minimum atomic E-state index is -0.578. The third-order valence-electron chi connectivity index (χ3n) is 1.12. The van der Waals surface area contributed by atoms with E-state index in [1.165, 1.54) is 0 Å². The lowest BCUT2D eigenvalue weighted by atomic mass is 10.3. The van der Waals surface area contributed by atoms with Crippen molar-refractivity contribution < 1.29 is 4.21 Å². The van der Waals surface area contributed by atoms with Gasteiger partial charge in [-0.15, -0.1) is 0 Å². The summed E-state index contributed by atoms with van der Waals surface area (Å²) in [7, 11) is -0.578. The third kappa shape index (κ3) is 1.24. The smallest absolute Gasteiger partial charge is 0.0386 e. The molecule has 1 heterocycles. The zero-order chi connectivity index (χ0) is 5.28. The Kier molecular flexibility index (Phi) is 1.44. The van der Waals surface area contributed by atoms with Crippen molar-refractivity contribution in [2.24, 2.45) is 5.73 Å². The molecule has 1 saturated heterocycles. The first-order valence-electron chi connectivity index (χ1n) is 2.39. The van der Waals surface area contributed by atoms with Gasteiger partial charge in [-0.3, -0.25) is 4.21 Å². The van der Waals surface area contributed by atoms with Gasteiger partial charge < -0.3 is 5.73 Å². The van der Waals surface area contributed by atoms with Crippen LogP contribution in [0.2, 0.25) is 0 Å². The SMILES string of the molecule is NC1CC[S@](=O)C1. The van der Waals surface area contributed by atoms with Gasteiger partial charge in [-0.2, -0.15) is 0 Å². The van der Waals surface area contributed by atoms with Gasteiger partial charge >= 0.3 is 0 Å². The molecule has 0 aromatic carbocycles. The quantitative estimate of drug-likeness (QED) is 0.465. The Morgan fingerprint density at radius 3 is 2.57 bits per heavy atom. The van der Waals surface area contributed by atoms with Crippen molar-refractivity contribution in [3.05, 3.63) is 0 Å². The summed E-state index contributed by atoms with van der Waals surface area (Å²) >= 11 is 0. The van der Waals surface area contributed by atoms with Crippen LogP contribution >= 0.6 is 0 Å². The van der Waals surface area contributed by atoms with Crippen molar-refractivity contribution in [1.29, 1.82) is 0 Å². The highest BCUT2D eigenvalue weighted by atomic mass is 32.2. The van der Waals surface area contributed by atoms with Crippen molar-refractivity contribution in [3.8, 4) is 0 Å². The molecule has 1 fully saturated rings. The molecule has 42 valence electrons. The highest BCUT2D eigenvalue weighted by Gasteiger charge is 2.15. The first-order chi connectivity index (χ1) is 3.29. The molecule has 1 rings (SSSR count). The van der Waals surface area contributed by atoms with Gasteiger partial charge in [0.1, 0.15) is 0 Å². The zero-order valence-corrected chi connectivity index (χ0v) is 4.91. The lowest BCUT2D eigenvalue weighted by molar-refractivity contribution is 0.686. The van der Waals surface area contributed by atoms with Crippen LogP contribution in [-0.2, 0) is 10.8 Å². The largest absolute Gasteiger partial charge is 0.327 e. The molecule has 0 saturated carbocycles. The molecule has 2 nitrogen and oxygen atoms in total. The molecular weight excluding hydrogens is 110 g/mol. The van der Waals surface area contributed by atoms with Crippen LogP contribution in [0.3, 0.4) is 0 Å². The summed E-state index contributed by atoms with van der Waals surface area (Å²) in [4.78, 5) is 0. The van der Waals surface area contributed by atoms with Crippen LogP contribution in [0.15, 0.2) is 0 Å². The summed E-state index contributed by atoms with van der Waals surface area (Å²) in [5, 5.41) is 0. The fraction of sp³-hybridized carbons (Fsp3) is 1.00. The van der Waals surface area contributed by atoms with Crippen LogP contribution in [0.4, 0.5) is 0 Å². The summed E-state index contributed by atoms with van der Waals surface area (Å²) in [6, 6.07) is 0.223. The molecule has 0 bridgehead atoms. The van der Waals surface area contributed by atoms with E-state index in [0.717, 1.165) is 17.9 Å². The molecule has 0 radical (unpaired) electrons. The van der Waals surface area contributed by atoms with Crippen LogP contribution in [0.25, 0.3) is 0 Å². The summed E-state index contributed by atoms with van der Waals surface area (Å²) in [6.07, 6.45) is 0.951. The molecule has 0 aromatic rings. The van der Waals surface area contributed by atoms with Gasteiger partial charge in [0.15, 0.2) is 0 Å². The fourth-order valence-corrected chi connectivity index (χ4v) is 2.06. The second-order valence-corrected chi connectivity index (χ2v) is 3.48. The lowest BCUT2D eigenvalue weighted by Gasteiger charge is -1.91. The predicted molar refractivity (Wildman–Crippen MR) is 30.5 cm³/mol. The minimum absolute atomic E-state index is 0.223. The molecule has 0 aromatic heterocycles. The Labute approximate surface area is 45.5 Å². The maximum Gasteiger partial charge on any atom is 0.0386 e. The minimum Gasteiger partial charge on any atom is -0.327 e. The average Bonchev–Trinajstić information content (AvgIpc) is 1.87. The van der Waals surface area contributed by atoms with E-state index < -0.39 is 10.8 Å². The standard InChI is InChI=1S/C4H9NOS/c5-4-1-2-7(6)3-4/h4H,1-3,5H2/t4?,7-/m0/s1. The topological polar surface area (TPSA) is 43.1 Å². The van der Waals surface area contributed by atoms with Crippen LogP contribution in [0, 0.1) is 0 Å². The van der Waals surface area contributed by atoms with Crippen molar-refractivity contribution in [3.63, 3.8) is 0 Å². The van der Waals surface area contributed by atoms with E-state index in [-0.39, 0.29) is 6.04 Å². The molecule has 7 heavy (non-hydrogen) atoms. The highest BCUT2D eigenvalue weighted by Crippen LogP contribution is 2.03. The monoisotopic (exact) mass is 119 g/mol. The first kappa shape index (κ1) is 5.25. The summed E-state index contributed by atoms with van der Waals surface area (Å²) < 4.78 is 10.5. The van der Waals surface area contributed by atoms with E-state index in [1.54, 1.807) is 0 Å². The van der Waals surface area contributed by atoms with Gasteiger partial charge in [-0.05, 0) is 6.42 Å². The Morgan fingerprint density at radius 2 is 2.43 bits per heavy atom. The number of nitrogens with two attached hydrogens (primary N) is 1. The van der Waals surface area contributed by atoms with Crippen molar-refractivity contribution >= 4 is 10.8 Å². The molecule has 0 spiro atoms. The van der Waals surface area contributed by atoms with E-state index in [1.807, 2.05) is 0 Å². The number of hydrogen-bond donors (Lipinski definition) is 1. The molecule has 2 atom stereocenters. The van der Waals surface area contributed by atoms with Gasteiger partial charge in [0, 0.05) is 28.3 Å². The summed E-state index contributed by atoms with van der Waals surface area (Å²) in [6.45, 7) is 0. The Hall–Kier alpha value is 0.110. The maximum atomic E-state index is 10.5. The van der Waals surface area contributed by atoms with Crippen molar-refractivity contribution in [2.45, 2.75) is 12.5 Å². The van der Waals surface area contributed by atoms with Crippen LogP contribution in [-0.4, -0.2) is 21.8 Å². The highest BCUT2D eigenvalue weighted by molar-refractivity contribution is 7.85. The number of hydrogen-bond acceptors (Lipinski definition) is 2. The zero-order valence-electron chi connectivity index (χ0n) is 4.09. The van der Waals surface area contributed by atoms with E-state index in [9.17, 15) is 4.21 Å². The molecule has 1 unspecified atom stereocenters. The summed E-state index contributed by atoms with van der Waals surface area (Å²) in [5.74, 6) is 1.54. The third-order valence-corrected chi connectivity index (χ3v) is 2.61. The van der Waals surface area contributed by atoms with E-state index >= 15 is 0 Å². The number of rotatable bonds is 0. The normalized spacial score (nSPS) is 41.9. The van der Waals surface area contributed by atoms with Gasteiger partial charge in [0.05, 0.1) is 0 Å². The Balaban J connectivity index is 2.40. The van der Waals surface area contributed by atoms with Crippen LogP contribution < -0.4 is 5.73 Å². The fourth-order valence-electron chi connectivity index (χ4n) is 0.688. The molecule has 0 aliphatic carbocycles. The Bertz CT molecular complexity index is 93.7. The molecular formula is C4H9NOS. The van der Waals surface area contributed by atoms with Crippen LogP contribution in [0.5, 0.6) is 0 Å². The molecule has 1 aliphatic heterocycles. The molecule has 1 aliphatic rings. The first-order valence-corrected chi connectivity index (χ1v) is 3.88. The van der Waals surface area contributed by atoms with Gasteiger partial charge in [-0.25, -0.2) is 0 Å². The van der Waals surface area contributed by atoms with E-state index in [2.05, 4.69) is 0 Å². The molecule has 2 N–H and O–H groups in total. The molecule has 0 amide bonds. The van der Waals surface area contributed by atoms with Crippen molar-refractivity contribution in [1.82, 2.24) is 0 Å². The van der Waals surface area contributed by atoms with E-state index in [0.29, 0.717) is 0 Å². The second-order valence-electron chi connectivity index (χ2n) is 1.86. The second kappa shape index (κ2) is 1.92. The average molecular weight is 119 g/mol. The maximum absolute atomic E-state index is 10.5.